The van der Waals surface area contributed by atoms with Gasteiger partial charge in [-0.3, -0.25) is 0 Å². The minimum absolute atomic E-state index is 0.598. The highest BCUT2D eigenvalue weighted by Gasteiger charge is 2.10. The number of rotatable bonds is 4. The summed E-state index contributed by atoms with van der Waals surface area (Å²) in [6, 6.07) is 6.85. The molecule has 0 aromatic heterocycles. The number of benzene rings is 1. The summed E-state index contributed by atoms with van der Waals surface area (Å²) in [5, 5.41) is 3.40. The van der Waals surface area contributed by atoms with Gasteiger partial charge in [0.25, 0.3) is 0 Å². The zero-order valence-electron chi connectivity index (χ0n) is 11.4. The van der Waals surface area contributed by atoms with E-state index in [2.05, 4.69) is 58.2 Å². The molecule has 100 valence electrons. The Labute approximate surface area is 119 Å². The second-order valence-electron chi connectivity index (χ2n) is 5.39. The number of nitrogens with one attached hydrogen (secondary N) is 1. The molecule has 1 aromatic carbocycles. The van der Waals surface area contributed by atoms with Crippen LogP contribution in [0, 0.1) is 0 Å². The Hall–Kier alpha value is -0.380. The summed E-state index contributed by atoms with van der Waals surface area (Å²) in [4.78, 5) is 2.55. The third-order valence-corrected chi connectivity index (χ3v) is 4.03. The third kappa shape index (κ3) is 4.08. The fraction of sp³-hybridized carbons (Fsp3) is 0.600. The molecule has 1 aliphatic rings. The average molecular weight is 311 g/mol. The molecule has 1 fully saturated rings. The van der Waals surface area contributed by atoms with Crippen LogP contribution in [-0.4, -0.2) is 37.6 Å². The molecule has 0 bridgehead atoms. The summed E-state index contributed by atoms with van der Waals surface area (Å²) >= 11 is 3.62. The van der Waals surface area contributed by atoms with Gasteiger partial charge in [0.2, 0.25) is 0 Å². The van der Waals surface area contributed by atoms with Crippen molar-refractivity contribution >= 4 is 15.9 Å². The Morgan fingerprint density at radius 3 is 2.61 bits per heavy atom. The summed E-state index contributed by atoms with van der Waals surface area (Å²) in [7, 11) is 0. The first-order chi connectivity index (χ1) is 8.65. The third-order valence-electron chi connectivity index (χ3n) is 3.57. The van der Waals surface area contributed by atoms with Crippen LogP contribution in [0.3, 0.4) is 0 Å². The Kier molecular flexibility index (Phi) is 5.22. The van der Waals surface area contributed by atoms with E-state index in [9.17, 15) is 0 Å². The second-order valence-corrected chi connectivity index (χ2v) is 6.30. The van der Waals surface area contributed by atoms with Crippen molar-refractivity contribution < 1.29 is 0 Å². The fourth-order valence-corrected chi connectivity index (χ4v) is 2.93. The van der Waals surface area contributed by atoms with E-state index in [-0.39, 0.29) is 0 Å². The van der Waals surface area contributed by atoms with Gasteiger partial charge in [0.05, 0.1) is 0 Å². The maximum atomic E-state index is 3.62. The zero-order valence-corrected chi connectivity index (χ0v) is 13.0. The van der Waals surface area contributed by atoms with Gasteiger partial charge in [-0.2, -0.15) is 0 Å². The first kappa shape index (κ1) is 14.0. The van der Waals surface area contributed by atoms with E-state index < -0.39 is 0 Å². The smallest absolute Gasteiger partial charge is 0.0180 e. The van der Waals surface area contributed by atoms with Crippen molar-refractivity contribution in [3.05, 3.63) is 33.8 Å². The molecule has 0 amide bonds. The van der Waals surface area contributed by atoms with Gasteiger partial charge in [0, 0.05) is 37.2 Å². The number of piperazine rings is 1. The molecule has 0 spiro atoms. The first-order valence-electron chi connectivity index (χ1n) is 6.87. The SMILES string of the molecule is CC(C)c1cc(Br)cc(CCN2CCNCC2)c1. The van der Waals surface area contributed by atoms with Crippen molar-refractivity contribution in [2.24, 2.45) is 0 Å². The maximum Gasteiger partial charge on any atom is 0.0180 e. The minimum Gasteiger partial charge on any atom is -0.314 e. The first-order valence-corrected chi connectivity index (χ1v) is 7.67. The van der Waals surface area contributed by atoms with Crippen molar-refractivity contribution in [2.45, 2.75) is 26.2 Å². The van der Waals surface area contributed by atoms with Crippen LogP contribution in [0.4, 0.5) is 0 Å². The van der Waals surface area contributed by atoms with Crippen molar-refractivity contribution in [2.75, 3.05) is 32.7 Å². The molecule has 1 N–H and O–H groups in total. The number of nitrogens with zero attached hydrogens (tertiary/aromatic N) is 1. The fourth-order valence-electron chi connectivity index (χ4n) is 2.38. The highest BCUT2D eigenvalue weighted by Crippen LogP contribution is 2.22. The van der Waals surface area contributed by atoms with Crippen LogP contribution in [0.1, 0.15) is 30.9 Å². The van der Waals surface area contributed by atoms with E-state index in [0.717, 1.165) is 19.5 Å². The van der Waals surface area contributed by atoms with Gasteiger partial charge in [-0.15, -0.1) is 0 Å². The van der Waals surface area contributed by atoms with Crippen LogP contribution < -0.4 is 5.32 Å². The maximum absolute atomic E-state index is 3.62. The van der Waals surface area contributed by atoms with Crippen LogP contribution in [0.25, 0.3) is 0 Å². The molecule has 0 saturated carbocycles. The summed E-state index contributed by atoms with van der Waals surface area (Å²) in [5.41, 5.74) is 2.88. The van der Waals surface area contributed by atoms with E-state index in [1.165, 1.54) is 35.2 Å². The molecule has 0 radical (unpaired) electrons. The quantitative estimate of drug-likeness (QED) is 0.919. The highest BCUT2D eigenvalue weighted by atomic mass is 79.9. The minimum atomic E-state index is 0.598. The number of hydrogen-bond donors (Lipinski definition) is 1. The standard InChI is InChI=1S/C15H23BrN2/c1-12(2)14-9-13(10-15(16)11-14)3-6-18-7-4-17-5-8-18/h9-12,17H,3-8H2,1-2H3. The largest absolute Gasteiger partial charge is 0.314 e. The van der Waals surface area contributed by atoms with Gasteiger partial charge < -0.3 is 10.2 Å². The van der Waals surface area contributed by atoms with E-state index in [0.29, 0.717) is 5.92 Å². The number of halogens is 1. The van der Waals surface area contributed by atoms with E-state index in [4.69, 9.17) is 0 Å². The predicted octanol–water partition coefficient (Wildman–Crippen LogP) is 3.02. The molecule has 0 aliphatic carbocycles. The predicted molar refractivity (Wildman–Crippen MR) is 81.2 cm³/mol. The van der Waals surface area contributed by atoms with E-state index >= 15 is 0 Å². The molecule has 1 aromatic rings. The Balaban J connectivity index is 1.95. The van der Waals surface area contributed by atoms with Gasteiger partial charge in [-0.1, -0.05) is 35.8 Å². The topological polar surface area (TPSA) is 15.3 Å². The van der Waals surface area contributed by atoms with Crippen molar-refractivity contribution in [1.82, 2.24) is 10.2 Å². The zero-order chi connectivity index (χ0) is 13.0. The van der Waals surface area contributed by atoms with Crippen LogP contribution in [0.2, 0.25) is 0 Å². The normalized spacial score (nSPS) is 17.3. The molecule has 2 rings (SSSR count). The van der Waals surface area contributed by atoms with Gasteiger partial charge in [0.1, 0.15) is 0 Å². The molecule has 0 atom stereocenters. The lowest BCUT2D eigenvalue weighted by Gasteiger charge is -2.27. The van der Waals surface area contributed by atoms with Crippen molar-refractivity contribution in [3.8, 4) is 0 Å². The lowest BCUT2D eigenvalue weighted by Crippen LogP contribution is -2.44. The Bertz CT molecular complexity index is 384. The van der Waals surface area contributed by atoms with Crippen molar-refractivity contribution in [3.63, 3.8) is 0 Å². The molecule has 3 heteroatoms. The van der Waals surface area contributed by atoms with Crippen LogP contribution in [0.5, 0.6) is 0 Å². The lowest BCUT2D eigenvalue weighted by atomic mass is 9.99. The van der Waals surface area contributed by atoms with Gasteiger partial charge in [-0.25, -0.2) is 0 Å². The van der Waals surface area contributed by atoms with E-state index in [1.807, 2.05) is 0 Å². The molecular weight excluding hydrogens is 288 g/mol. The van der Waals surface area contributed by atoms with Crippen LogP contribution in [-0.2, 0) is 6.42 Å². The molecule has 1 saturated heterocycles. The Morgan fingerprint density at radius 1 is 1.22 bits per heavy atom. The molecule has 2 nitrogen and oxygen atoms in total. The summed E-state index contributed by atoms with van der Waals surface area (Å²) in [5.74, 6) is 0.598. The van der Waals surface area contributed by atoms with Gasteiger partial charge in [-0.05, 0) is 35.6 Å². The summed E-state index contributed by atoms with van der Waals surface area (Å²) in [6.07, 6.45) is 1.15. The monoisotopic (exact) mass is 310 g/mol. The molecule has 1 heterocycles. The number of hydrogen-bond acceptors (Lipinski definition) is 2. The summed E-state index contributed by atoms with van der Waals surface area (Å²) in [6.45, 7) is 10.3. The average Bonchev–Trinajstić information content (AvgIpc) is 2.37. The lowest BCUT2D eigenvalue weighted by molar-refractivity contribution is 0.244. The molecule has 1 aliphatic heterocycles. The second kappa shape index (κ2) is 6.69. The highest BCUT2D eigenvalue weighted by molar-refractivity contribution is 9.10. The van der Waals surface area contributed by atoms with Gasteiger partial charge >= 0.3 is 0 Å². The Morgan fingerprint density at radius 2 is 1.94 bits per heavy atom. The van der Waals surface area contributed by atoms with Crippen LogP contribution in [0.15, 0.2) is 22.7 Å². The summed E-state index contributed by atoms with van der Waals surface area (Å²) < 4.78 is 1.21. The molecule has 0 unspecified atom stereocenters. The van der Waals surface area contributed by atoms with Gasteiger partial charge in [0.15, 0.2) is 0 Å². The molecular formula is C15H23BrN2. The van der Waals surface area contributed by atoms with E-state index in [1.54, 1.807) is 0 Å². The van der Waals surface area contributed by atoms with Crippen LogP contribution >= 0.6 is 15.9 Å². The van der Waals surface area contributed by atoms with Crippen molar-refractivity contribution in [1.29, 1.82) is 0 Å². The molecule has 18 heavy (non-hydrogen) atoms.